The zero-order valence-electron chi connectivity index (χ0n) is 38.5. The predicted octanol–water partition coefficient (Wildman–Crippen LogP) is 12.4. The molecular weight excluding hydrogens is 803 g/mol. The number of fused-ring (bicyclic) bond motifs is 2. The van der Waals surface area contributed by atoms with Gasteiger partial charge in [0.25, 0.3) is 6.47 Å². The highest BCUT2D eigenvalue weighted by Crippen LogP contribution is 2.55. The van der Waals surface area contributed by atoms with E-state index in [2.05, 4.69) is 139 Å². The number of carbonyl (C=O) groups is 2. The summed E-state index contributed by atoms with van der Waals surface area (Å²) in [5, 5.41) is 21.1. The fourth-order valence-electron chi connectivity index (χ4n) is 12.0. The summed E-state index contributed by atoms with van der Waals surface area (Å²) >= 11 is 0. The molecule has 7 heteroatoms. The number of benzene rings is 4. The van der Waals surface area contributed by atoms with E-state index in [4.69, 9.17) is 4.74 Å². The molecule has 0 amide bonds. The first-order valence-corrected chi connectivity index (χ1v) is 24.2. The highest BCUT2D eigenvalue weighted by molar-refractivity contribution is 6.04. The van der Waals surface area contributed by atoms with Crippen LogP contribution in [0.1, 0.15) is 117 Å². The second-order valence-corrected chi connectivity index (χ2v) is 19.4. The Bertz CT molecular complexity index is 2480. The number of rotatable bonds is 18. The molecule has 0 bridgehead atoms. The van der Waals surface area contributed by atoms with Gasteiger partial charge in [-0.2, -0.15) is 9.84 Å². The maximum atomic E-state index is 12.3. The van der Waals surface area contributed by atoms with E-state index in [-0.39, 0.29) is 18.4 Å². The summed E-state index contributed by atoms with van der Waals surface area (Å²) in [6.45, 7) is 5.91. The molecule has 2 heterocycles. The number of anilines is 1. The van der Waals surface area contributed by atoms with E-state index in [0.717, 1.165) is 48.5 Å². The molecule has 0 saturated heterocycles. The number of carboxylic acid groups (broad SMARTS) is 1. The van der Waals surface area contributed by atoms with Crippen molar-refractivity contribution in [2.24, 2.45) is 11.8 Å². The molecule has 4 aromatic rings. The zero-order chi connectivity index (χ0) is 45.2. The standard InChI is InChI=1S/C58H65N3O4/c1-43-23-27-52-50(35-43)57(37-45-15-7-3-8-16-45,38-46-17-9-4-10-18-46)54(60(52)32-31-56(63)64)29-25-49(41-59)26-30-55-58(39-47-19-11-5-12-20-47,40-48-21-13-6-14-22-48)51-36-44(2)24-28-53(51)61(55)33-34-65-42-62/h3,5,7-8,11-12,15-16,19-20,23-30,35-36,42,46,48H,4,6,9-10,13-14,17-18,21-22,31-34,37-40H2,1-2H3/p+1. The Hall–Kier alpha value is -6.00. The van der Waals surface area contributed by atoms with E-state index in [9.17, 15) is 20.0 Å². The summed E-state index contributed by atoms with van der Waals surface area (Å²) in [6, 6.07) is 37.5. The molecular formula is C58H66N3O4+. The van der Waals surface area contributed by atoms with E-state index >= 15 is 0 Å². The van der Waals surface area contributed by atoms with Crippen LogP contribution in [0, 0.1) is 37.0 Å². The van der Waals surface area contributed by atoms with Crippen molar-refractivity contribution in [1.82, 2.24) is 0 Å². The Morgan fingerprint density at radius 1 is 0.800 bits per heavy atom. The molecule has 4 aliphatic rings. The van der Waals surface area contributed by atoms with Crippen LogP contribution in [-0.4, -0.2) is 47.5 Å². The van der Waals surface area contributed by atoms with Gasteiger partial charge in [-0.05, 0) is 98.4 Å². The van der Waals surface area contributed by atoms with Gasteiger partial charge >= 0.3 is 5.97 Å². The van der Waals surface area contributed by atoms with Gasteiger partial charge in [-0.3, -0.25) is 9.59 Å². The van der Waals surface area contributed by atoms with Crippen LogP contribution in [-0.2, 0) is 38.0 Å². The quantitative estimate of drug-likeness (QED) is 0.0352. The molecule has 2 unspecified atom stereocenters. The third kappa shape index (κ3) is 10.1. The molecule has 0 radical (unpaired) electrons. The van der Waals surface area contributed by atoms with Crippen molar-refractivity contribution < 1.29 is 24.0 Å². The predicted molar refractivity (Wildman–Crippen MR) is 261 cm³/mol. The van der Waals surface area contributed by atoms with Crippen molar-refractivity contribution in [2.75, 3.05) is 24.6 Å². The van der Waals surface area contributed by atoms with Crippen LogP contribution in [0.4, 0.5) is 11.4 Å². The first-order valence-electron chi connectivity index (χ1n) is 24.2. The van der Waals surface area contributed by atoms with Crippen molar-refractivity contribution >= 4 is 29.5 Å². The second kappa shape index (κ2) is 20.9. The van der Waals surface area contributed by atoms with Crippen LogP contribution in [0.2, 0.25) is 0 Å². The molecule has 4 aromatic carbocycles. The lowest BCUT2D eigenvalue weighted by molar-refractivity contribution is -0.436. The van der Waals surface area contributed by atoms with E-state index in [1.165, 1.54) is 97.6 Å². The van der Waals surface area contributed by atoms with Gasteiger partial charge in [-0.15, -0.1) is 0 Å². The first-order chi connectivity index (χ1) is 31.7. The lowest BCUT2D eigenvalue weighted by atomic mass is 9.65. The second-order valence-electron chi connectivity index (χ2n) is 19.4. The van der Waals surface area contributed by atoms with Gasteiger partial charge in [0.1, 0.15) is 13.0 Å². The van der Waals surface area contributed by atoms with Crippen LogP contribution < -0.4 is 4.90 Å². The number of nitriles is 1. The largest absolute Gasteiger partial charge is 0.481 e. The fraction of sp³-hybridized carbons (Fsp3) is 0.414. The molecule has 0 aromatic heterocycles. The average molecular weight is 869 g/mol. The summed E-state index contributed by atoms with van der Waals surface area (Å²) < 4.78 is 7.63. The summed E-state index contributed by atoms with van der Waals surface area (Å²) in [6.07, 6.45) is 24.1. The Labute approximate surface area is 386 Å². The summed E-state index contributed by atoms with van der Waals surface area (Å²) in [5.41, 5.74) is 11.5. The fourth-order valence-corrected chi connectivity index (χ4v) is 12.0. The monoisotopic (exact) mass is 869 g/mol. The van der Waals surface area contributed by atoms with Crippen molar-refractivity contribution in [2.45, 2.75) is 121 Å². The summed E-state index contributed by atoms with van der Waals surface area (Å²) in [5.74, 6) is 0.252. The molecule has 2 aliphatic carbocycles. The number of ether oxygens (including phenoxy) is 1. The Balaban J connectivity index is 1.29. The summed E-state index contributed by atoms with van der Waals surface area (Å²) in [7, 11) is 0. The van der Waals surface area contributed by atoms with Crippen molar-refractivity contribution in [3.05, 3.63) is 166 Å². The van der Waals surface area contributed by atoms with Crippen LogP contribution in [0.15, 0.2) is 133 Å². The number of nitrogens with zero attached hydrogens (tertiary/aromatic N) is 3. The molecule has 8 rings (SSSR count). The van der Waals surface area contributed by atoms with Gasteiger partial charge in [-0.1, -0.05) is 154 Å². The molecule has 7 nitrogen and oxygen atoms in total. The third-order valence-electron chi connectivity index (χ3n) is 14.9. The average Bonchev–Trinajstić information content (AvgIpc) is 3.70. The minimum Gasteiger partial charge on any atom is -0.481 e. The van der Waals surface area contributed by atoms with Crippen LogP contribution in [0.5, 0.6) is 0 Å². The highest BCUT2D eigenvalue weighted by atomic mass is 16.5. The summed E-state index contributed by atoms with van der Waals surface area (Å²) in [4.78, 5) is 26.1. The maximum Gasteiger partial charge on any atom is 0.309 e. The van der Waals surface area contributed by atoms with Crippen molar-refractivity contribution in [3.8, 4) is 6.07 Å². The van der Waals surface area contributed by atoms with Crippen molar-refractivity contribution in [3.63, 3.8) is 0 Å². The van der Waals surface area contributed by atoms with Gasteiger partial charge in [0.15, 0.2) is 12.3 Å². The molecule has 2 aliphatic heterocycles. The number of carbonyl (C=O) groups excluding carboxylic acids is 1. The van der Waals surface area contributed by atoms with Crippen LogP contribution >= 0.6 is 0 Å². The van der Waals surface area contributed by atoms with Crippen molar-refractivity contribution in [1.29, 1.82) is 5.26 Å². The maximum absolute atomic E-state index is 12.3. The Morgan fingerprint density at radius 2 is 1.38 bits per heavy atom. The molecule has 2 fully saturated rings. The van der Waals surface area contributed by atoms with Gasteiger partial charge < -0.3 is 14.7 Å². The van der Waals surface area contributed by atoms with Gasteiger partial charge in [0, 0.05) is 34.5 Å². The van der Waals surface area contributed by atoms with E-state index in [1.807, 2.05) is 12.2 Å². The van der Waals surface area contributed by atoms with Crippen LogP contribution in [0.3, 0.4) is 0 Å². The van der Waals surface area contributed by atoms with Gasteiger partial charge in [0.2, 0.25) is 5.69 Å². The van der Waals surface area contributed by atoms with Gasteiger partial charge in [0.05, 0.1) is 23.6 Å². The zero-order valence-corrected chi connectivity index (χ0v) is 38.5. The lowest BCUT2D eigenvalue weighted by Gasteiger charge is -2.38. The van der Waals surface area contributed by atoms with E-state index in [0.29, 0.717) is 37.0 Å². The topological polar surface area (TPSA) is 93.6 Å². The van der Waals surface area contributed by atoms with Crippen LogP contribution in [0.25, 0.3) is 0 Å². The molecule has 336 valence electrons. The first kappa shape index (κ1) is 45.6. The number of aliphatic carboxylic acids is 1. The Kier molecular flexibility index (Phi) is 14.6. The highest BCUT2D eigenvalue weighted by Gasteiger charge is 2.52. The Morgan fingerprint density at radius 3 is 1.98 bits per heavy atom. The van der Waals surface area contributed by atoms with E-state index < -0.39 is 11.4 Å². The SMILES string of the molecule is Cc1ccc2c(c1)C(Cc1ccccc1)(CC1CCCCC1)C(/C=C/C(C#N)=C/C=C1/N(CCOC=O)c3ccc(C)cc3C1(Cc1ccccc1)CC1CCCCC1)=[N+]2CCC(=O)O. The molecule has 0 spiro atoms. The number of hydrogen-bond donors (Lipinski definition) is 1. The van der Waals surface area contributed by atoms with Gasteiger partial charge in [-0.25, -0.2) is 0 Å². The molecule has 1 N–H and O–H groups in total. The minimum absolute atomic E-state index is 0.00325. The number of carboxylic acids is 1. The number of allylic oxidation sites excluding steroid dienone is 6. The molecule has 2 saturated carbocycles. The lowest BCUT2D eigenvalue weighted by Crippen LogP contribution is -2.39. The molecule has 65 heavy (non-hydrogen) atoms. The van der Waals surface area contributed by atoms with E-state index in [1.54, 1.807) is 0 Å². The molecule has 2 atom stereocenters. The smallest absolute Gasteiger partial charge is 0.309 e. The number of aryl methyl sites for hydroxylation is 2. The number of hydrogen-bond acceptors (Lipinski definition) is 5. The minimum atomic E-state index is -0.831. The third-order valence-corrected chi connectivity index (χ3v) is 14.9. The normalized spacial score (nSPS) is 22.0.